The first-order chi connectivity index (χ1) is 12.7. The number of anilines is 2. The van der Waals surface area contributed by atoms with E-state index < -0.39 is 15.9 Å². The highest BCUT2D eigenvalue weighted by molar-refractivity contribution is 7.92. The van der Waals surface area contributed by atoms with Gasteiger partial charge in [-0.1, -0.05) is 12.1 Å². The Labute approximate surface area is 160 Å². The van der Waals surface area contributed by atoms with Gasteiger partial charge in [0, 0.05) is 5.69 Å². The number of carbonyl (C=O) groups excluding carboxylic acids is 1. The molecule has 0 spiro atoms. The lowest BCUT2D eigenvalue weighted by molar-refractivity contribution is -0.114. The number of hydrogen-bond acceptors (Lipinski definition) is 5. The molecule has 0 atom stereocenters. The van der Waals surface area contributed by atoms with E-state index in [4.69, 9.17) is 9.47 Å². The van der Waals surface area contributed by atoms with Crippen LogP contribution in [0.4, 0.5) is 11.4 Å². The van der Waals surface area contributed by atoms with Gasteiger partial charge in [-0.2, -0.15) is 0 Å². The standard InChI is InChI=1S/C19H24N2O5S/c1-14(2)26-16-11-9-15(10-12-16)20-19(22)13-21(27(4,23)24)17-7-5-6-8-18(17)25-3/h5-12,14H,13H2,1-4H3,(H,20,22). The Balaban J connectivity index is 2.15. The van der Waals surface area contributed by atoms with Crippen LogP contribution in [0.2, 0.25) is 0 Å². The summed E-state index contributed by atoms with van der Waals surface area (Å²) in [6.07, 6.45) is 1.10. The van der Waals surface area contributed by atoms with Gasteiger partial charge in [0.25, 0.3) is 0 Å². The smallest absolute Gasteiger partial charge is 0.245 e. The number of amides is 1. The topological polar surface area (TPSA) is 84.9 Å². The minimum atomic E-state index is -3.69. The van der Waals surface area contributed by atoms with Crippen molar-refractivity contribution in [3.8, 4) is 11.5 Å². The monoisotopic (exact) mass is 392 g/mol. The summed E-state index contributed by atoms with van der Waals surface area (Å²) in [4.78, 5) is 12.4. The average Bonchev–Trinajstić information content (AvgIpc) is 2.60. The van der Waals surface area contributed by atoms with Gasteiger partial charge in [-0.3, -0.25) is 9.10 Å². The van der Waals surface area contributed by atoms with Gasteiger partial charge in [-0.05, 0) is 50.2 Å². The Morgan fingerprint density at radius 3 is 2.30 bits per heavy atom. The normalized spacial score (nSPS) is 11.1. The molecule has 27 heavy (non-hydrogen) atoms. The van der Waals surface area contributed by atoms with Crippen LogP contribution in [0.1, 0.15) is 13.8 Å². The van der Waals surface area contributed by atoms with E-state index in [0.717, 1.165) is 10.6 Å². The van der Waals surface area contributed by atoms with Gasteiger partial charge in [0.2, 0.25) is 15.9 Å². The fourth-order valence-electron chi connectivity index (χ4n) is 2.44. The summed E-state index contributed by atoms with van der Waals surface area (Å²) in [5, 5.41) is 2.69. The van der Waals surface area contributed by atoms with Crippen molar-refractivity contribution in [2.45, 2.75) is 20.0 Å². The number of hydrogen-bond donors (Lipinski definition) is 1. The van der Waals surface area contributed by atoms with E-state index >= 15 is 0 Å². The maximum absolute atomic E-state index is 12.4. The summed E-state index contributed by atoms with van der Waals surface area (Å²) in [5.41, 5.74) is 0.850. The maximum Gasteiger partial charge on any atom is 0.245 e. The van der Waals surface area contributed by atoms with Gasteiger partial charge in [-0.15, -0.1) is 0 Å². The number of rotatable bonds is 8. The highest BCUT2D eigenvalue weighted by Crippen LogP contribution is 2.29. The van der Waals surface area contributed by atoms with Crippen LogP contribution in [-0.4, -0.2) is 40.3 Å². The third kappa shape index (κ3) is 5.89. The Kier molecular flexibility index (Phi) is 6.68. The molecule has 0 bridgehead atoms. The fourth-order valence-corrected chi connectivity index (χ4v) is 3.30. The molecule has 1 N–H and O–H groups in total. The Morgan fingerprint density at radius 2 is 1.74 bits per heavy atom. The van der Waals surface area contributed by atoms with Crippen molar-refractivity contribution in [3.63, 3.8) is 0 Å². The van der Waals surface area contributed by atoms with Crippen LogP contribution < -0.4 is 19.1 Å². The molecule has 7 nitrogen and oxygen atoms in total. The molecule has 2 aromatic carbocycles. The predicted molar refractivity (Wildman–Crippen MR) is 106 cm³/mol. The molecule has 0 aliphatic rings. The van der Waals surface area contributed by atoms with Crippen molar-refractivity contribution >= 4 is 27.3 Å². The first-order valence-corrected chi connectivity index (χ1v) is 10.2. The molecule has 0 fully saturated rings. The number of ether oxygens (including phenoxy) is 2. The molecule has 0 aliphatic heterocycles. The predicted octanol–water partition coefficient (Wildman–Crippen LogP) is 2.89. The highest BCUT2D eigenvalue weighted by atomic mass is 32.2. The summed E-state index contributed by atoms with van der Waals surface area (Å²) in [5.74, 6) is 0.588. The van der Waals surface area contributed by atoms with Gasteiger partial charge in [0.1, 0.15) is 18.0 Å². The molecular formula is C19H24N2O5S. The lowest BCUT2D eigenvalue weighted by Crippen LogP contribution is -2.37. The molecule has 1 amide bonds. The quantitative estimate of drug-likeness (QED) is 0.747. The van der Waals surface area contributed by atoms with Gasteiger partial charge in [-0.25, -0.2) is 8.42 Å². The molecule has 0 saturated carbocycles. The van der Waals surface area contributed by atoms with E-state index in [0.29, 0.717) is 22.9 Å². The molecule has 146 valence electrons. The summed E-state index contributed by atoms with van der Waals surface area (Å²) in [7, 11) is -2.24. The summed E-state index contributed by atoms with van der Waals surface area (Å²) in [6, 6.07) is 13.5. The average molecular weight is 392 g/mol. The van der Waals surface area contributed by atoms with Crippen molar-refractivity contribution in [2.24, 2.45) is 0 Å². The summed E-state index contributed by atoms with van der Waals surface area (Å²) in [6.45, 7) is 3.48. The summed E-state index contributed by atoms with van der Waals surface area (Å²) >= 11 is 0. The van der Waals surface area contributed by atoms with E-state index in [1.807, 2.05) is 13.8 Å². The lowest BCUT2D eigenvalue weighted by Gasteiger charge is -2.23. The van der Waals surface area contributed by atoms with Crippen LogP contribution in [0.25, 0.3) is 0 Å². The maximum atomic E-state index is 12.4. The van der Waals surface area contributed by atoms with E-state index in [-0.39, 0.29) is 12.6 Å². The van der Waals surface area contributed by atoms with Crippen LogP contribution >= 0.6 is 0 Å². The first-order valence-electron chi connectivity index (χ1n) is 8.38. The largest absolute Gasteiger partial charge is 0.495 e. The van der Waals surface area contributed by atoms with Crippen LogP contribution in [0, 0.1) is 0 Å². The molecule has 0 radical (unpaired) electrons. The summed E-state index contributed by atoms with van der Waals surface area (Å²) < 4.78 is 36.2. The number of para-hydroxylation sites is 2. The van der Waals surface area contributed by atoms with Crippen molar-refractivity contribution in [3.05, 3.63) is 48.5 Å². The molecule has 0 unspecified atom stereocenters. The molecule has 0 saturated heterocycles. The van der Waals surface area contributed by atoms with Crippen LogP contribution in [0.5, 0.6) is 11.5 Å². The zero-order chi connectivity index (χ0) is 20.0. The molecule has 2 rings (SSSR count). The second kappa shape index (κ2) is 8.77. The van der Waals surface area contributed by atoms with Crippen LogP contribution in [-0.2, 0) is 14.8 Å². The van der Waals surface area contributed by atoms with Crippen LogP contribution in [0.3, 0.4) is 0 Å². The van der Waals surface area contributed by atoms with E-state index in [1.54, 1.807) is 48.5 Å². The fraction of sp³-hybridized carbons (Fsp3) is 0.316. The lowest BCUT2D eigenvalue weighted by atomic mass is 10.3. The van der Waals surface area contributed by atoms with Crippen molar-refractivity contribution < 1.29 is 22.7 Å². The molecule has 0 aromatic heterocycles. The Hall–Kier alpha value is -2.74. The van der Waals surface area contributed by atoms with E-state index in [2.05, 4.69) is 5.32 Å². The third-order valence-corrected chi connectivity index (χ3v) is 4.68. The molecular weight excluding hydrogens is 368 g/mol. The SMILES string of the molecule is COc1ccccc1N(CC(=O)Nc1ccc(OC(C)C)cc1)S(C)(=O)=O. The zero-order valence-corrected chi connectivity index (χ0v) is 16.6. The minimum Gasteiger partial charge on any atom is -0.495 e. The zero-order valence-electron chi connectivity index (χ0n) is 15.8. The van der Waals surface area contributed by atoms with Crippen molar-refractivity contribution in [1.82, 2.24) is 0 Å². The Morgan fingerprint density at radius 1 is 1.11 bits per heavy atom. The number of methoxy groups -OCH3 is 1. The number of benzene rings is 2. The minimum absolute atomic E-state index is 0.0506. The first kappa shape index (κ1) is 20.6. The number of carbonyl (C=O) groups is 1. The number of sulfonamides is 1. The number of nitrogens with one attached hydrogen (secondary N) is 1. The van der Waals surface area contributed by atoms with E-state index in [1.165, 1.54) is 7.11 Å². The van der Waals surface area contributed by atoms with Gasteiger partial charge < -0.3 is 14.8 Å². The molecule has 0 aliphatic carbocycles. The van der Waals surface area contributed by atoms with Crippen molar-refractivity contribution in [1.29, 1.82) is 0 Å². The highest BCUT2D eigenvalue weighted by Gasteiger charge is 2.23. The Bertz CT molecular complexity index is 879. The second-order valence-corrected chi connectivity index (χ2v) is 8.09. The molecule has 2 aromatic rings. The molecule has 8 heteroatoms. The number of nitrogens with zero attached hydrogens (tertiary/aromatic N) is 1. The van der Waals surface area contributed by atoms with E-state index in [9.17, 15) is 13.2 Å². The second-order valence-electron chi connectivity index (χ2n) is 6.18. The van der Waals surface area contributed by atoms with Gasteiger partial charge in [0.15, 0.2) is 0 Å². The van der Waals surface area contributed by atoms with Crippen LogP contribution in [0.15, 0.2) is 48.5 Å². The molecule has 0 heterocycles. The van der Waals surface area contributed by atoms with Gasteiger partial charge >= 0.3 is 0 Å². The third-order valence-electron chi connectivity index (χ3n) is 3.55. The van der Waals surface area contributed by atoms with Crippen molar-refractivity contribution in [2.75, 3.05) is 29.5 Å². The van der Waals surface area contributed by atoms with Gasteiger partial charge in [0.05, 0.1) is 25.2 Å².